The molecule has 216 valence electrons. The molecule has 1 unspecified atom stereocenters. The summed E-state index contributed by atoms with van der Waals surface area (Å²) < 4.78 is 11.3. The minimum absolute atomic E-state index is 0.183. The van der Waals surface area contributed by atoms with Crippen LogP contribution in [0.2, 0.25) is 0 Å². The van der Waals surface area contributed by atoms with Gasteiger partial charge in [0.25, 0.3) is 0 Å². The van der Waals surface area contributed by atoms with Crippen molar-refractivity contribution in [1.29, 1.82) is 0 Å². The van der Waals surface area contributed by atoms with Crippen LogP contribution in [0.15, 0.2) is 42.5 Å². The van der Waals surface area contributed by atoms with Crippen LogP contribution in [0.4, 0.5) is 10.5 Å². The number of hydrogen-bond acceptors (Lipinski definition) is 9. The number of amides is 2. The van der Waals surface area contributed by atoms with E-state index in [1.807, 2.05) is 36.4 Å². The van der Waals surface area contributed by atoms with Gasteiger partial charge >= 0.3 is 6.03 Å². The molecular weight excluding hydrogens is 526 g/mol. The molecule has 2 aromatic carbocycles. The number of anilines is 1. The second kappa shape index (κ2) is 12.0. The van der Waals surface area contributed by atoms with Gasteiger partial charge in [-0.15, -0.1) is 0 Å². The standard InChI is InChI=1S/C29H35N7O5/c1-19(37)35-11-9-34(10-12-35)13-18-41-21-7-5-20(6-8-21)26-25-27(32-31-26)22-3-2-4-23(24(22)28(25)38)30-29(39)33-36-14-16-40-17-15-36/h2-8,19,37H,9-18H2,1H3,(H,31,32)(H2,30,33,39). The number of ketones is 1. The van der Waals surface area contributed by atoms with Crippen molar-refractivity contribution in [1.82, 2.24) is 30.4 Å². The lowest BCUT2D eigenvalue weighted by molar-refractivity contribution is -0.0143. The fourth-order valence-electron chi connectivity index (χ4n) is 5.53. The van der Waals surface area contributed by atoms with E-state index in [1.54, 1.807) is 18.0 Å². The number of hydrazine groups is 1. The first kappa shape index (κ1) is 27.4. The van der Waals surface area contributed by atoms with Gasteiger partial charge < -0.3 is 19.9 Å². The molecule has 3 heterocycles. The third kappa shape index (κ3) is 5.83. The number of fused-ring (bicyclic) bond motifs is 3. The zero-order valence-corrected chi connectivity index (χ0v) is 23.1. The van der Waals surface area contributed by atoms with Crippen molar-refractivity contribution < 1.29 is 24.2 Å². The van der Waals surface area contributed by atoms with E-state index in [2.05, 4.69) is 30.7 Å². The van der Waals surface area contributed by atoms with Crippen molar-refractivity contribution in [3.63, 3.8) is 0 Å². The number of urea groups is 1. The number of aromatic nitrogens is 2. The van der Waals surface area contributed by atoms with Gasteiger partial charge in [-0.05, 0) is 37.3 Å². The molecular formula is C29H35N7O5. The highest BCUT2D eigenvalue weighted by Gasteiger charge is 2.35. The lowest BCUT2D eigenvalue weighted by Gasteiger charge is -2.35. The van der Waals surface area contributed by atoms with E-state index in [4.69, 9.17) is 9.47 Å². The van der Waals surface area contributed by atoms with E-state index in [0.29, 0.717) is 66.7 Å². The van der Waals surface area contributed by atoms with Crippen molar-refractivity contribution in [2.24, 2.45) is 0 Å². The van der Waals surface area contributed by atoms with Crippen molar-refractivity contribution >= 4 is 17.5 Å². The molecule has 3 aliphatic rings. The Balaban J connectivity index is 1.09. The van der Waals surface area contributed by atoms with Crippen LogP contribution < -0.4 is 15.5 Å². The maximum Gasteiger partial charge on any atom is 0.333 e. The number of piperazine rings is 1. The number of ether oxygens (including phenoxy) is 2. The molecule has 0 spiro atoms. The van der Waals surface area contributed by atoms with E-state index < -0.39 is 12.3 Å². The first-order valence-corrected chi connectivity index (χ1v) is 14.0. The van der Waals surface area contributed by atoms with Crippen LogP contribution in [0.1, 0.15) is 22.8 Å². The highest BCUT2D eigenvalue weighted by molar-refractivity contribution is 6.26. The fraction of sp³-hybridized carbons (Fsp3) is 0.414. The summed E-state index contributed by atoms with van der Waals surface area (Å²) in [5.74, 6) is 0.563. The highest BCUT2D eigenvalue weighted by Crippen LogP contribution is 2.43. The summed E-state index contributed by atoms with van der Waals surface area (Å²) in [5, 5.41) is 21.9. The van der Waals surface area contributed by atoms with E-state index in [0.717, 1.165) is 44.0 Å². The largest absolute Gasteiger partial charge is 0.492 e. The maximum atomic E-state index is 13.6. The monoisotopic (exact) mass is 561 g/mol. The van der Waals surface area contributed by atoms with E-state index in [1.165, 1.54) is 0 Å². The summed E-state index contributed by atoms with van der Waals surface area (Å²) in [5.41, 5.74) is 6.92. The maximum absolute atomic E-state index is 13.6. The Bertz CT molecular complexity index is 1390. The lowest BCUT2D eigenvalue weighted by atomic mass is 10.0. The third-order valence-corrected chi connectivity index (χ3v) is 7.81. The molecule has 4 N–H and O–H groups in total. The molecule has 3 aromatic rings. The Morgan fingerprint density at radius 2 is 1.83 bits per heavy atom. The van der Waals surface area contributed by atoms with Gasteiger partial charge in [-0.2, -0.15) is 5.10 Å². The molecule has 2 saturated heterocycles. The number of aliphatic hydroxyl groups excluding tert-OH is 1. The van der Waals surface area contributed by atoms with Gasteiger partial charge in [-0.1, -0.05) is 12.1 Å². The third-order valence-electron chi connectivity index (χ3n) is 7.81. The van der Waals surface area contributed by atoms with Gasteiger partial charge in [0.1, 0.15) is 24.3 Å². The van der Waals surface area contributed by atoms with Crippen LogP contribution in [0, 0.1) is 0 Å². The van der Waals surface area contributed by atoms with Gasteiger partial charge in [0.15, 0.2) is 5.78 Å². The van der Waals surface area contributed by atoms with Gasteiger partial charge in [0.2, 0.25) is 0 Å². The number of rotatable bonds is 8. The number of morpholine rings is 1. The Hall–Kier alpha value is -3.81. The summed E-state index contributed by atoms with van der Waals surface area (Å²) in [4.78, 5) is 30.7. The summed E-state index contributed by atoms with van der Waals surface area (Å²) >= 11 is 0. The zero-order chi connectivity index (χ0) is 28.3. The number of benzene rings is 2. The Kier molecular flexibility index (Phi) is 7.99. The average Bonchev–Trinajstić information content (AvgIpc) is 3.54. The first-order valence-electron chi connectivity index (χ1n) is 14.0. The molecule has 41 heavy (non-hydrogen) atoms. The van der Waals surface area contributed by atoms with Crippen molar-refractivity contribution in [3.05, 3.63) is 53.6 Å². The Labute approximate surface area is 238 Å². The molecule has 0 saturated carbocycles. The SMILES string of the molecule is CC(O)N1CCN(CCOc2ccc(-c3n[nH]c4c3C(=O)c3c(NC(=O)NN5CCOCC5)cccc3-4)cc2)CC1. The van der Waals surface area contributed by atoms with Crippen LogP contribution in [-0.4, -0.2) is 114 Å². The number of nitrogens with zero attached hydrogens (tertiary/aromatic N) is 4. The van der Waals surface area contributed by atoms with Gasteiger partial charge in [0.05, 0.1) is 35.7 Å². The minimum atomic E-state index is -0.405. The van der Waals surface area contributed by atoms with Crippen molar-refractivity contribution in [2.75, 3.05) is 71.0 Å². The molecule has 0 bridgehead atoms. The number of aliphatic hydroxyl groups is 1. The van der Waals surface area contributed by atoms with Gasteiger partial charge in [-0.3, -0.25) is 25.1 Å². The molecule has 2 fully saturated rings. The molecule has 1 atom stereocenters. The van der Waals surface area contributed by atoms with Gasteiger partial charge in [0, 0.05) is 56.9 Å². The number of hydrogen-bond donors (Lipinski definition) is 4. The van der Waals surface area contributed by atoms with E-state index >= 15 is 0 Å². The number of nitrogens with one attached hydrogen (secondary N) is 3. The molecule has 12 nitrogen and oxygen atoms in total. The molecule has 2 aliphatic heterocycles. The van der Waals surface area contributed by atoms with Crippen LogP contribution in [0.25, 0.3) is 22.5 Å². The Morgan fingerprint density at radius 1 is 1.07 bits per heavy atom. The van der Waals surface area contributed by atoms with Crippen LogP contribution in [0.5, 0.6) is 5.75 Å². The number of carbonyl (C=O) groups is 2. The van der Waals surface area contributed by atoms with Crippen molar-refractivity contribution in [3.8, 4) is 28.3 Å². The first-order chi connectivity index (χ1) is 20.0. The summed E-state index contributed by atoms with van der Waals surface area (Å²) in [6, 6.07) is 12.6. The summed E-state index contributed by atoms with van der Waals surface area (Å²) in [6.07, 6.45) is -0.405. The smallest absolute Gasteiger partial charge is 0.333 e. The van der Waals surface area contributed by atoms with E-state index in [9.17, 15) is 14.7 Å². The molecule has 1 aliphatic carbocycles. The quantitative estimate of drug-likeness (QED) is 0.255. The summed E-state index contributed by atoms with van der Waals surface area (Å²) in [6.45, 7) is 9.01. The van der Waals surface area contributed by atoms with Crippen molar-refractivity contribution in [2.45, 2.75) is 13.2 Å². The van der Waals surface area contributed by atoms with Crippen LogP contribution >= 0.6 is 0 Å². The fourth-order valence-corrected chi connectivity index (χ4v) is 5.53. The van der Waals surface area contributed by atoms with Gasteiger partial charge in [-0.25, -0.2) is 9.80 Å². The number of carbonyl (C=O) groups excluding carboxylic acids is 2. The predicted octanol–water partition coefficient (Wildman–Crippen LogP) is 1.99. The number of aromatic amines is 1. The average molecular weight is 562 g/mol. The number of H-pyrrole nitrogens is 1. The Morgan fingerprint density at radius 3 is 2.56 bits per heavy atom. The predicted molar refractivity (Wildman–Crippen MR) is 153 cm³/mol. The van der Waals surface area contributed by atoms with Crippen LogP contribution in [0.3, 0.4) is 0 Å². The topological polar surface area (TPSA) is 135 Å². The lowest BCUT2D eigenvalue weighted by Crippen LogP contribution is -2.50. The van der Waals surface area contributed by atoms with Crippen LogP contribution in [-0.2, 0) is 4.74 Å². The molecule has 1 aromatic heterocycles. The molecule has 0 radical (unpaired) electrons. The zero-order valence-electron chi connectivity index (χ0n) is 23.1. The molecule has 2 amide bonds. The minimum Gasteiger partial charge on any atom is -0.492 e. The highest BCUT2D eigenvalue weighted by atomic mass is 16.5. The molecule has 6 rings (SSSR count). The van der Waals surface area contributed by atoms with E-state index in [-0.39, 0.29) is 5.78 Å². The second-order valence-electron chi connectivity index (χ2n) is 10.4. The normalized spacial score (nSPS) is 18.5. The second-order valence-corrected chi connectivity index (χ2v) is 10.4. The molecule has 12 heteroatoms. The summed E-state index contributed by atoms with van der Waals surface area (Å²) in [7, 11) is 0.